The van der Waals surface area contributed by atoms with Crippen molar-refractivity contribution in [1.29, 1.82) is 0 Å². The monoisotopic (exact) mass is 252 g/mol. The summed E-state index contributed by atoms with van der Waals surface area (Å²) in [7, 11) is 0. The first-order valence-electron chi connectivity index (χ1n) is 3.48. The van der Waals surface area contributed by atoms with Gasteiger partial charge >= 0.3 is 4.83 Å². The first kappa shape index (κ1) is 10.5. The zero-order chi connectivity index (χ0) is 10.1. The standard InChI is InChI=1S/C7H7BrF2N2O/c1-4(13)5-2-11-3-12-6(5)7(8,9)10/h2-4,13H,1H3. The highest BCUT2D eigenvalue weighted by molar-refractivity contribution is 9.09. The van der Waals surface area contributed by atoms with Crippen molar-refractivity contribution in [3.05, 3.63) is 23.8 Å². The maximum absolute atomic E-state index is 12.8. The van der Waals surface area contributed by atoms with E-state index in [1.54, 1.807) is 0 Å². The molecule has 0 saturated carbocycles. The molecule has 13 heavy (non-hydrogen) atoms. The summed E-state index contributed by atoms with van der Waals surface area (Å²) < 4.78 is 25.6. The third kappa shape index (κ3) is 2.41. The molecule has 0 saturated heterocycles. The van der Waals surface area contributed by atoms with Crippen LogP contribution in [0.2, 0.25) is 0 Å². The minimum atomic E-state index is -3.23. The number of aromatic nitrogens is 2. The highest BCUT2D eigenvalue weighted by Crippen LogP contribution is 2.36. The maximum Gasteiger partial charge on any atom is 0.343 e. The maximum atomic E-state index is 12.8. The lowest BCUT2D eigenvalue weighted by Crippen LogP contribution is -2.12. The van der Waals surface area contributed by atoms with Crippen LogP contribution < -0.4 is 0 Å². The molecule has 0 spiro atoms. The smallest absolute Gasteiger partial charge is 0.343 e. The van der Waals surface area contributed by atoms with E-state index in [0.717, 1.165) is 6.33 Å². The Morgan fingerprint density at radius 1 is 1.62 bits per heavy atom. The van der Waals surface area contributed by atoms with Crippen molar-refractivity contribution in [2.45, 2.75) is 17.9 Å². The van der Waals surface area contributed by atoms with Crippen molar-refractivity contribution in [3.8, 4) is 0 Å². The van der Waals surface area contributed by atoms with Gasteiger partial charge in [-0.05, 0) is 22.9 Å². The van der Waals surface area contributed by atoms with Crippen molar-refractivity contribution in [1.82, 2.24) is 9.97 Å². The van der Waals surface area contributed by atoms with Gasteiger partial charge in [0.05, 0.1) is 6.10 Å². The molecule has 1 unspecified atom stereocenters. The Labute approximate surface area is 82.0 Å². The molecule has 1 aromatic rings. The summed E-state index contributed by atoms with van der Waals surface area (Å²) in [6, 6.07) is 0. The van der Waals surface area contributed by atoms with E-state index in [1.165, 1.54) is 13.1 Å². The molecule has 0 aliphatic rings. The molecule has 0 fully saturated rings. The number of halogens is 3. The zero-order valence-electron chi connectivity index (χ0n) is 6.71. The number of hydrogen-bond acceptors (Lipinski definition) is 3. The van der Waals surface area contributed by atoms with Crippen LogP contribution in [0.25, 0.3) is 0 Å². The largest absolute Gasteiger partial charge is 0.389 e. The minimum absolute atomic E-state index is 0.0179. The average molecular weight is 253 g/mol. The number of rotatable bonds is 2. The lowest BCUT2D eigenvalue weighted by atomic mass is 10.1. The van der Waals surface area contributed by atoms with E-state index in [2.05, 4.69) is 25.9 Å². The van der Waals surface area contributed by atoms with Crippen LogP contribution in [-0.4, -0.2) is 15.1 Å². The van der Waals surface area contributed by atoms with Crippen LogP contribution in [0.1, 0.15) is 24.3 Å². The lowest BCUT2D eigenvalue weighted by molar-refractivity contribution is 0.101. The number of nitrogens with zero attached hydrogens (tertiary/aromatic N) is 2. The van der Waals surface area contributed by atoms with Gasteiger partial charge in [-0.15, -0.1) is 0 Å². The summed E-state index contributed by atoms with van der Waals surface area (Å²) in [5.74, 6) is 0. The molecule has 1 heterocycles. The zero-order valence-corrected chi connectivity index (χ0v) is 8.29. The van der Waals surface area contributed by atoms with Crippen molar-refractivity contribution in [3.63, 3.8) is 0 Å². The Balaban J connectivity index is 3.20. The van der Waals surface area contributed by atoms with Crippen LogP contribution in [-0.2, 0) is 4.83 Å². The van der Waals surface area contributed by atoms with Gasteiger partial charge in [0.15, 0.2) is 0 Å². The second-order valence-electron chi connectivity index (χ2n) is 2.50. The van der Waals surface area contributed by atoms with Crippen molar-refractivity contribution >= 4 is 15.9 Å². The summed E-state index contributed by atoms with van der Waals surface area (Å²) in [5.41, 5.74) is -0.484. The normalized spacial score (nSPS) is 14.2. The van der Waals surface area contributed by atoms with E-state index < -0.39 is 16.6 Å². The van der Waals surface area contributed by atoms with Crippen LogP contribution >= 0.6 is 15.9 Å². The molecular formula is C7H7BrF2N2O. The van der Waals surface area contributed by atoms with E-state index in [-0.39, 0.29) is 5.56 Å². The molecule has 72 valence electrons. The molecule has 1 N–H and O–H groups in total. The summed E-state index contributed by atoms with van der Waals surface area (Å²) in [6.07, 6.45) is 1.16. The molecule has 1 rings (SSSR count). The van der Waals surface area contributed by atoms with Gasteiger partial charge in [0.2, 0.25) is 0 Å². The molecule has 0 bridgehead atoms. The van der Waals surface area contributed by atoms with Crippen LogP contribution in [0.15, 0.2) is 12.5 Å². The Morgan fingerprint density at radius 3 is 2.62 bits per heavy atom. The van der Waals surface area contributed by atoms with Gasteiger partial charge in [0.25, 0.3) is 0 Å². The van der Waals surface area contributed by atoms with Gasteiger partial charge in [0, 0.05) is 11.8 Å². The topological polar surface area (TPSA) is 46.0 Å². The van der Waals surface area contributed by atoms with Crippen LogP contribution in [0, 0.1) is 0 Å². The molecular weight excluding hydrogens is 246 g/mol. The molecule has 6 heteroatoms. The van der Waals surface area contributed by atoms with Gasteiger partial charge in [0.1, 0.15) is 12.0 Å². The fourth-order valence-corrected chi connectivity index (χ4v) is 1.21. The van der Waals surface area contributed by atoms with E-state index in [0.29, 0.717) is 0 Å². The molecule has 1 atom stereocenters. The predicted molar refractivity (Wildman–Crippen MR) is 45.5 cm³/mol. The number of aliphatic hydroxyl groups is 1. The fourth-order valence-electron chi connectivity index (χ4n) is 0.883. The Hall–Kier alpha value is -0.620. The Kier molecular flexibility index (Phi) is 2.92. The summed E-state index contributed by atoms with van der Waals surface area (Å²) >= 11 is 2.17. The SMILES string of the molecule is CC(O)c1cncnc1C(F)(F)Br. The van der Waals surface area contributed by atoms with Crippen molar-refractivity contribution in [2.24, 2.45) is 0 Å². The van der Waals surface area contributed by atoms with Gasteiger partial charge in [-0.3, -0.25) is 0 Å². The second-order valence-corrected chi connectivity index (χ2v) is 3.50. The average Bonchev–Trinajstić information content (AvgIpc) is 2.03. The first-order valence-corrected chi connectivity index (χ1v) is 4.27. The number of aliphatic hydroxyl groups excluding tert-OH is 1. The van der Waals surface area contributed by atoms with E-state index in [9.17, 15) is 8.78 Å². The van der Waals surface area contributed by atoms with Crippen LogP contribution in [0.4, 0.5) is 8.78 Å². The van der Waals surface area contributed by atoms with Gasteiger partial charge in [-0.25, -0.2) is 9.97 Å². The number of hydrogen-bond donors (Lipinski definition) is 1. The van der Waals surface area contributed by atoms with Gasteiger partial charge < -0.3 is 5.11 Å². The first-order chi connectivity index (χ1) is 5.93. The third-order valence-corrected chi connectivity index (χ3v) is 1.83. The quantitative estimate of drug-likeness (QED) is 0.819. The van der Waals surface area contributed by atoms with E-state index >= 15 is 0 Å². The van der Waals surface area contributed by atoms with Crippen LogP contribution in [0.5, 0.6) is 0 Å². The fraction of sp³-hybridized carbons (Fsp3) is 0.429. The molecule has 0 amide bonds. The number of alkyl halides is 3. The molecule has 0 aromatic carbocycles. The van der Waals surface area contributed by atoms with Crippen molar-refractivity contribution < 1.29 is 13.9 Å². The second kappa shape index (κ2) is 3.63. The highest BCUT2D eigenvalue weighted by atomic mass is 79.9. The van der Waals surface area contributed by atoms with E-state index in [1.807, 2.05) is 0 Å². The minimum Gasteiger partial charge on any atom is -0.389 e. The van der Waals surface area contributed by atoms with E-state index in [4.69, 9.17) is 5.11 Å². The Morgan fingerprint density at radius 2 is 2.23 bits per heavy atom. The van der Waals surface area contributed by atoms with Gasteiger partial charge in [-0.2, -0.15) is 8.78 Å². The molecule has 0 aliphatic heterocycles. The molecule has 1 aromatic heterocycles. The summed E-state index contributed by atoms with van der Waals surface area (Å²) in [4.78, 5) is 3.72. The van der Waals surface area contributed by atoms with Gasteiger partial charge in [-0.1, -0.05) is 0 Å². The van der Waals surface area contributed by atoms with Crippen molar-refractivity contribution in [2.75, 3.05) is 0 Å². The summed E-state index contributed by atoms with van der Waals surface area (Å²) in [6.45, 7) is 1.38. The highest BCUT2D eigenvalue weighted by Gasteiger charge is 2.33. The summed E-state index contributed by atoms with van der Waals surface area (Å²) in [5, 5.41) is 9.13. The van der Waals surface area contributed by atoms with Crippen LogP contribution in [0.3, 0.4) is 0 Å². The lowest BCUT2D eigenvalue weighted by Gasteiger charge is -2.13. The third-order valence-electron chi connectivity index (χ3n) is 1.46. The molecule has 3 nitrogen and oxygen atoms in total. The molecule has 0 aliphatic carbocycles. The Bertz CT molecular complexity index is 301. The predicted octanol–water partition coefficient (Wildman–Crippen LogP) is 1.97. The molecule has 0 radical (unpaired) electrons.